The van der Waals surface area contributed by atoms with Gasteiger partial charge >= 0.3 is 0 Å². The molecule has 30 heavy (non-hydrogen) atoms. The first-order valence-corrected chi connectivity index (χ1v) is 10.2. The number of rotatable bonds is 5. The average Bonchev–Trinajstić information content (AvgIpc) is 2.76. The van der Waals surface area contributed by atoms with Gasteiger partial charge in [-0.15, -0.1) is 0 Å². The van der Waals surface area contributed by atoms with Crippen LogP contribution < -0.4 is 10.6 Å². The Bertz CT molecular complexity index is 1260. The molecule has 4 aromatic rings. The van der Waals surface area contributed by atoms with Crippen molar-refractivity contribution in [1.29, 1.82) is 0 Å². The summed E-state index contributed by atoms with van der Waals surface area (Å²) in [6.07, 6.45) is 3.72. The zero-order valence-corrected chi connectivity index (χ0v) is 17.8. The highest BCUT2D eigenvalue weighted by atomic mass is 16.1. The highest BCUT2D eigenvalue weighted by molar-refractivity contribution is 6.08. The lowest BCUT2D eigenvalue weighted by atomic mass is 9.98. The second-order valence-electron chi connectivity index (χ2n) is 7.69. The molecule has 0 saturated heterocycles. The monoisotopic (exact) mass is 398 g/mol. The minimum atomic E-state index is -0.0561. The van der Waals surface area contributed by atoms with E-state index in [0.29, 0.717) is 5.56 Å². The largest absolute Gasteiger partial charge is 0.371 e. The van der Waals surface area contributed by atoms with Gasteiger partial charge in [-0.2, -0.15) is 0 Å². The fraction of sp³-hybridized carbons (Fsp3) is 0.240. The molecule has 0 radical (unpaired) electrons. The first kappa shape index (κ1) is 19.8. The fourth-order valence-corrected chi connectivity index (χ4v) is 3.89. The molecule has 0 aliphatic heterocycles. The van der Waals surface area contributed by atoms with Crippen molar-refractivity contribution in [3.8, 4) is 0 Å². The van der Waals surface area contributed by atoms with Crippen LogP contribution in [0.2, 0.25) is 0 Å². The predicted molar refractivity (Wildman–Crippen MR) is 123 cm³/mol. The van der Waals surface area contributed by atoms with Crippen LogP contribution in [-0.2, 0) is 12.8 Å². The van der Waals surface area contributed by atoms with Gasteiger partial charge in [-0.05, 0) is 73.2 Å². The minimum Gasteiger partial charge on any atom is -0.371 e. The van der Waals surface area contributed by atoms with Gasteiger partial charge in [-0.25, -0.2) is 4.98 Å². The van der Waals surface area contributed by atoms with Crippen molar-refractivity contribution < 1.29 is 4.79 Å². The maximum absolute atomic E-state index is 11.8. The van der Waals surface area contributed by atoms with Crippen molar-refractivity contribution in [3.63, 3.8) is 0 Å². The van der Waals surface area contributed by atoms with Gasteiger partial charge in [0, 0.05) is 36.6 Å². The molecule has 0 bridgehead atoms. The number of benzene rings is 2. The van der Waals surface area contributed by atoms with Crippen molar-refractivity contribution in [1.82, 2.24) is 15.3 Å². The SMILES string of the molecule is CNC(=O)c1ccc(CCc2cnc3c(NC)nc4cc(C)ccc4c3c2)c(C)c1. The van der Waals surface area contributed by atoms with E-state index in [9.17, 15) is 4.79 Å². The topological polar surface area (TPSA) is 66.9 Å². The second kappa shape index (κ2) is 8.11. The van der Waals surface area contributed by atoms with E-state index in [0.717, 1.165) is 46.0 Å². The normalized spacial score (nSPS) is 11.1. The Labute approximate surface area is 176 Å². The molecule has 0 unspecified atom stereocenters. The molecule has 2 aromatic carbocycles. The summed E-state index contributed by atoms with van der Waals surface area (Å²) in [7, 11) is 3.53. The first-order valence-electron chi connectivity index (χ1n) is 10.2. The predicted octanol–water partition coefficient (Wildman–Crippen LogP) is 4.59. The maximum atomic E-state index is 11.8. The van der Waals surface area contributed by atoms with Gasteiger partial charge in [0.15, 0.2) is 5.82 Å². The van der Waals surface area contributed by atoms with Gasteiger partial charge < -0.3 is 10.6 Å². The molecule has 0 spiro atoms. The number of carbonyl (C=O) groups is 1. The molecule has 1 amide bonds. The number of hydrogen-bond donors (Lipinski definition) is 2. The minimum absolute atomic E-state index is 0.0561. The van der Waals surface area contributed by atoms with Crippen LogP contribution >= 0.6 is 0 Å². The summed E-state index contributed by atoms with van der Waals surface area (Å²) < 4.78 is 0. The van der Waals surface area contributed by atoms with Crippen molar-refractivity contribution in [3.05, 3.63) is 76.5 Å². The van der Waals surface area contributed by atoms with E-state index in [-0.39, 0.29) is 5.91 Å². The van der Waals surface area contributed by atoms with Crippen LogP contribution in [0.1, 0.15) is 32.6 Å². The Morgan fingerprint density at radius 3 is 2.53 bits per heavy atom. The van der Waals surface area contributed by atoms with E-state index in [1.165, 1.54) is 16.7 Å². The lowest BCUT2D eigenvalue weighted by Gasteiger charge is -2.11. The third-order valence-corrected chi connectivity index (χ3v) is 5.60. The summed E-state index contributed by atoms with van der Waals surface area (Å²) in [5.74, 6) is 0.745. The highest BCUT2D eigenvalue weighted by Gasteiger charge is 2.11. The molecule has 0 atom stereocenters. The quantitative estimate of drug-likeness (QED) is 0.483. The Morgan fingerprint density at radius 1 is 0.967 bits per heavy atom. The van der Waals surface area contributed by atoms with Crippen LogP contribution in [0.5, 0.6) is 0 Å². The standard InChI is InChI=1S/C25H26N4O/c1-15-5-10-20-21-13-17(14-28-23(21)24(26-3)29-22(20)11-15)6-7-18-8-9-19(12-16(18)2)25(30)27-4/h5,8-14H,6-7H2,1-4H3,(H,26,29)(H,27,30). The number of aryl methyl sites for hydroxylation is 4. The molecule has 2 N–H and O–H groups in total. The highest BCUT2D eigenvalue weighted by Crippen LogP contribution is 2.29. The lowest BCUT2D eigenvalue weighted by Crippen LogP contribution is -2.17. The van der Waals surface area contributed by atoms with E-state index in [2.05, 4.69) is 54.8 Å². The van der Waals surface area contributed by atoms with Crippen molar-refractivity contribution >= 4 is 33.5 Å². The Hall–Kier alpha value is -3.47. The molecule has 0 fully saturated rings. The molecule has 0 aliphatic carbocycles. The molecule has 5 nitrogen and oxygen atoms in total. The van der Waals surface area contributed by atoms with E-state index < -0.39 is 0 Å². The number of anilines is 1. The lowest BCUT2D eigenvalue weighted by molar-refractivity contribution is 0.0963. The van der Waals surface area contributed by atoms with Crippen LogP contribution in [0.25, 0.3) is 21.8 Å². The molecule has 0 saturated carbocycles. The van der Waals surface area contributed by atoms with Crippen molar-refractivity contribution in [2.45, 2.75) is 26.7 Å². The van der Waals surface area contributed by atoms with Gasteiger partial charge in [0.2, 0.25) is 0 Å². The van der Waals surface area contributed by atoms with Crippen LogP contribution in [0.15, 0.2) is 48.7 Å². The van der Waals surface area contributed by atoms with Crippen LogP contribution in [0.4, 0.5) is 5.82 Å². The van der Waals surface area contributed by atoms with Crippen molar-refractivity contribution in [2.75, 3.05) is 19.4 Å². The van der Waals surface area contributed by atoms with Crippen LogP contribution in [0.3, 0.4) is 0 Å². The van der Waals surface area contributed by atoms with Gasteiger partial charge in [0.1, 0.15) is 5.52 Å². The smallest absolute Gasteiger partial charge is 0.251 e. The van der Waals surface area contributed by atoms with Crippen LogP contribution in [-0.4, -0.2) is 30.0 Å². The number of fused-ring (bicyclic) bond motifs is 3. The van der Waals surface area contributed by atoms with Crippen LogP contribution in [0, 0.1) is 13.8 Å². The molecule has 5 heteroatoms. The molecule has 2 heterocycles. The molecular weight excluding hydrogens is 372 g/mol. The van der Waals surface area contributed by atoms with Gasteiger partial charge in [-0.1, -0.05) is 18.2 Å². The summed E-state index contributed by atoms with van der Waals surface area (Å²) in [6, 6.07) is 14.5. The summed E-state index contributed by atoms with van der Waals surface area (Å²) >= 11 is 0. The summed E-state index contributed by atoms with van der Waals surface area (Å²) in [5.41, 5.74) is 7.32. The zero-order chi connectivity index (χ0) is 21.3. The molecule has 4 rings (SSSR count). The molecule has 0 aliphatic rings. The number of carbonyl (C=O) groups excluding carboxylic acids is 1. The number of nitrogens with one attached hydrogen (secondary N) is 2. The average molecular weight is 399 g/mol. The Morgan fingerprint density at radius 2 is 1.80 bits per heavy atom. The van der Waals surface area contributed by atoms with Gasteiger partial charge in [0.25, 0.3) is 5.91 Å². The summed E-state index contributed by atoms with van der Waals surface area (Å²) in [4.78, 5) is 21.3. The third kappa shape index (κ3) is 3.71. The number of pyridine rings is 2. The van der Waals surface area contributed by atoms with E-state index >= 15 is 0 Å². The number of aromatic nitrogens is 2. The number of nitrogens with zero attached hydrogens (tertiary/aromatic N) is 2. The second-order valence-corrected chi connectivity index (χ2v) is 7.69. The third-order valence-electron chi connectivity index (χ3n) is 5.60. The number of hydrogen-bond acceptors (Lipinski definition) is 4. The number of amides is 1. The molecule has 152 valence electrons. The summed E-state index contributed by atoms with van der Waals surface area (Å²) in [5, 5.41) is 8.09. The van der Waals surface area contributed by atoms with E-state index in [1.807, 2.05) is 25.4 Å². The Balaban J connectivity index is 1.67. The summed E-state index contributed by atoms with van der Waals surface area (Å²) in [6.45, 7) is 4.14. The molecular formula is C25H26N4O. The van der Waals surface area contributed by atoms with E-state index in [4.69, 9.17) is 9.97 Å². The van der Waals surface area contributed by atoms with Crippen molar-refractivity contribution in [2.24, 2.45) is 0 Å². The zero-order valence-electron chi connectivity index (χ0n) is 17.8. The molecule has 2 aromatic heterocycles. The fourth-order valence-electron chi connectivity index (χ4n) is 3.89. The maximum Gasteiger partial charge on any atom is 0.251 e. The van der Waals surface area contributed by atoms with E-state index in [1.54, 1.807) is 7.05 Å². The van der Waals surface area contributed by atoms with Gasteiger partial charge in [-0.3, -0.25) is 9.78 Å². The van der Waals surface area contributed by atoms with Gasteiger partial charge in [0.05, 0.1) is 5.52 Å². The Kier molecular flexibility index (Phi) is 5.36. The first-order chi connectivity index (χ1) is 14.5.